The number of rotatable bonds is 5. The summed E-state index contributed by atoms with van der Waals surface area (Å²) in [6, 6.07) is 10.3. The monoisotopic (exact) mass is 391 g/mol. The summed E-state index contributed by atoms with van der Waals surface area (Å²) in [7, 11) is 1.51. The van der Waals surface area contributed by atoms with E-state index in [-0.39, 0.29) is 6.61 Å². The zero-order valence-electron chi connectivity index (χ0n) is 13.7. The summed E-state index contributed by atoms with van der Waals surface area (Å²) >= 11 is 3.41. The van der Waals surface area contributed by atoms with Gasteiger partial charge in [-0.2, -0.15) is 0 Å². The fourth-order valence-electron chi connectivity index (χ4n) is 2.03. The highest BCUT2D eigenvalue weighted by atomic mass is 79.9. The molecule has 0 bridgehead atoms. The van der Waals surface area contributed by atoms with Crippen LogP contribution in [0.5, 0.6) is 5.75 Å². The van der Waals surface area contributed by atoms with Crippen molar-refractivity contribution in [3.63, 3.8) is 0 Å². The Kier molecular flexibility index (Phi) is 5.98. The molecule has 1 N–H and O–H groups in total. The third-order valence-corrected chi connectivity index (χ3v) is 4.15. The van der Waals surface area contributed by atoms with Crippen LogP contribution >= 0.6 is 15.9 Å². The molecule has 0 fully saturated rings. The number of methoxy groups -OCH3 is 1. The second-order valence-corrected chi connectivity index (χ2v) is 6.13. The molecule has 0 aliphatic heterocycles. The van der Waals surface area contributed by atoms with Crippen LogP contribution in [0, 0.1) is 13.8 Å². The number of carbonyl (C=O) groups is 2. The van der Waals surface area contributed by atoms with Gasteiger partial charge < -0.3 is 14.8 Å². The maximum absolute atomic E-state index is 12.0. The van der Waals surface area contributed by atoms with Gasteiger partial charge in [0.1, 0.15) is 5.75 Å². The van der Waals surface area contributed by atoms with Gasteiger partial charge in [-0.1, -0.05) is 6.07 Å². The molecule has 0 heterocycles. The minimum Gasteiger partial charge on any atom is -0.497 e. The Bertz CT molecular complexity index is 774. The highest BCUT2D eigenvalue weighted by Gasteiger charge is 2.12. The van der Waals surface area contributed by atoms with E-state index in [0.717, 1.165) is 15.6 Å². The van der Waals surface area contributed by atoms with Gasteiger partial charge in [-0.05, 0) is 71.2 Å². The van der Waals surface area contributed by atoms with E-state index in [1.54, 1.807) is 24.3 Å². The number of amides is 1. The summed E-state index contributed by atoms with van der Waals surface area (Å²) in [6.07, 6.45) is 0. The fourth-order valence-corrected chi connectivity index (χ4v) is 2.58. The molecule has 5 nitrogen and oxygen atoms in total. The van der Waals surface area contributed by atoms with Crippen LogP contribution < -0.4 is 10.1 Å². The predicted octanol–water partition coefficient (Wildman–Crippen LogP) is 3.87. The number of hydrogen-bond donors (Lipinski definition) is 1. The van der Waals surface area contributed by atoms with Crippen molar-refractivity contribution in [1.29, 1.82) is 0 Å². The van der Waals surface area contributed by atoms with Gasteiger partial charge in [-0.3, -0.25) is 4.79 Å². The topological polar surface area (TPSA) is 64.6 Å². The molecular formula is C18H18BrNO4. The van der Waals surface area contributed by atoms with Crippen LogP contribution in [0.3, 0.4) is 0 Å². The van der Waals surface area contributed by atoms with E-state index in [4.69, 9.17) is 9.47 Å². The van der Waals surface area contributed by atoms with Crippen LogP contribution in [-0.2, 0) is 9.53 Å². The number of nitrogens with one attached hydrogen (secondary N) is 1. The average Bonchev–Trinajstić information content (AvgIpc) is 2.57. The van der Waals surface area contributed by atoms with E-state index in [2.05, 4.69) is 21.2 Å². The van der Waals surface area contributed by atoms with E-state index >= 15 is 0 Å². The zero-order chi connectivity index (χ0) is 17.7. The summed E-state index contributed by atoms with van der Waals surface area (Å²) in [5.74, 6) is -0.439. The molecule has 126 valence electrons. The standard InChI is InChI=1S/C18H18BrNO4/c1-11-7-15(19)16(8-12(11)2)20-17(21)10-24-18(22)13-5-4-6-14(9-13)23-3/h4-9H,10H2,1-3H3,(H,20,21). The Morgan fingerprint density at radius 1 is 1.12 bits per heavy atom. The molecule has 0 saturated heterocycles. The molecule has 0 aliphatic carbocycles. The number of halogens is 1. The third-order valence-electron chi connectivity index (χ3n) is 3.50. The summed E-state index contributed by atoms with van der Waals surface area (Å²) in [4.78, 5) is 24.0. The minimum absolute atomic E-state index is 0.328. The van der Waals surface area contributed by atoms with Crippen LogP contribution in [-0.4, -0.2) is 25.6 Å². The zero-order valence-corrected chi connectivity index (χ0v) is 15.3. The quantitative estimate of drug-likeness (QED) is 0.785. The Labute approximate surface area is 149 Å². The Morgan fingerprint density at radius 3 is 2.54 bits per heavy atom. The summed E-state index contributed by atoms with van der Waals surface area (Å²) in [5.41, 5.74) is 3.14. The number of benzene rings is 2. The van der Waals surface area contributed by atoms with Crippen molar-refractivity contribution in [1.82, 2.24) is 0 Å². The molecular weight excluding hydrogens is 374 g/mol. The van der Waals surface area contributed by atoms with Gasteiger partial charge in [0, 0.05) is 4.47 Å². The fraction of sp³-hybridized carbons (Fsp3) is 0.222. The predicted molar refractivity (Wildman–Crippen MR) is 95.5 cm³/mol. The lowest BCUT2D eigenvalue weighted by Gasteiger charge is -2.11. The van der Waals surface area contributed by atoms with Crippen LogP contribution in [0.25, 0.3) is 0 Å². The van der Waals surface area contributed by atoms with Gasteiger partial charge in [0.05, 0.1) is 18.4 Å². The van der Waals surface area contributed by atoms with Crippen LogP contribution in [0.15, 0.2) is 40.9 Å². The van der Waals surface area contributed by atoms with Crippen molar-refractivity contribution in [3.05, 3.63) is 57.6 Å². The molecule has 0 aromatic heterocycles. The van der Waals surface area contributed by atoms with Crippen LogP contribution in [0.4, 0.5) is 5.69 Å². The van der Waals surface area contributed by atoms with E-state index in [1.807, 2.05) is 26.0 Å². The van der Waals surface area contributed by atoms with E-state index in [9.17, 15) is 9.59 Å². The lowest BCUT2D eigenvalue weighted by Crippen LogP contribution is -2.21. The molecule has 2 aromatic carbocycles. The van der Waals surface area contributed by atoms with Crippen molar-refractivity contribution in [2.75, 3.05) is 19.0 Å². The van der Waals surface area contributed by atoms with Crippen molar-refractivity contribution < 1.29 is 19.1 Å². The lowest BCUT2D eigenvalue weighted by atomic mass is 10.1. The number of hydrogen-bond acceptors (Lipinski definition) is 4. The second-order valence-electron chi connectivity index (χ2n) is 5.27. The number of carbonyl (C=O) groups excluding carboxylic acids is 2. The van der Waals surface area contributed by atoms with Gasteiger partial charge in [-0.15, -0.1) is 0 Å². The first-order valence-electron chi connectivity index (χ1n) is 7.28. The third kappa shape index (κ3) is 4.58. The molecule has 2 aromatic rings. The van der Waals surface area contributed by atoms with Gasteiger partial charge >= 0.3 is 5.97 Å². The first-order chi connectivity index (χ1) is 11.4. The highest BCUT2D eigenvalue weighted by molar-refractivity contribution is 9.10. The SMILES string of the molecule is COc1cccc(C(=O)OCC(=O)Nc2cc(C)c(C)cc2Br)c1. The smallest absolute Gasteiger partial charge is 0.338 e. The average molecular weight is 392 g/mol. The molecule has 0 radical (unpaired) electrons. The van der Waals surface area contributed by atoms with E-state index in [0.29, 0.717) is 17.0 Å². The first-order valence-corrected chi connectivity index (χ1v) is 8.08. The van der Waals surface area contributed by atoms with Gasteiger partial charge in [0.2, 0.25) is 0 Å². The Morgan fingerprint density at radius 2 is 1.83 bits per heavy atom. The van der Waals surface area contributed by atoms with Crippen molar-refractivity contribution in [3.8, 4) is 5.75 Å². The largest absolute Gasteiger partial charge is 0.497 e. The molecule has 1 amide bonds. The maximum atomic E-state index is 12.0. The number of anilines is 1. The number of ether oxygens (including phenoxy) is 2. The number of esters is 1. The molecule has 0 aliphatic rings. The summed E-state index contributed by atoms with van der Waals surface area (Å²) in [6.45, 7) is 3.58. The molecule has 0 spiro atoms. The van der Waals surface area contributed by atoms with Crippen molar-refractivity contribution in [2.45, 2.75) is 13.8 Å². The lowest BCUT2D eigenvalue weighted by molar-refractivity contribution is -0.119. The van der Waals surface area contributed by atoms with Crippen LogP contribution in [0.2, 0.25) is 0 Å². The van der Waals surface area contributed by atoms with Gasteiger partial charge in [0.15, 0.2) is 6.61 Å². The normalized spacial score (nSPS) is 10.2. The second kappa shape index (κ2) is 7.97. The Balaban J connectivity index is 1.95. The molecule has 24 heavy (non-hydrogen) atoms. The summed E-state index contributed by atoms with van der Waals surface area (Å²) in [5, 5.41) is 2.72. The highest BCUT2D eigenvalue weighted by Crippen LogP contribution is 2.26. The minimum atomic E-state index is -0.580. The van der Waals surface area contributed by atoms with E-state index in [1.165, 1.54) is 7.11 Å². The Hall–Kier alpha value is -2.34. The molecule has 0 unspecified atom stereocenters. The molecule has 2 rings (SSSR count). The maximum Gasteiger partial charge on any atom is 0.338 e. The van der Waals surface area contributed by atoms with Crippen molar-refractivity contribution in [2.24, 2.45) is 0 Å². The summed E-state index contributed by atoms with van der Waals surface area (Å²) < 4.78 is 10.9. The molecule has 6 heteroatoms. The van der Waals surface area contributed by atoms with Gasteiger partial charge in [-0.25, -0.2) is 4.79 Å². The number of aryl methyl sites for hydroxylation is 2. The molecule has 0 atom stereocenters. The van der Waals surface area contributed by atoms with Crippen LogP contribution in [0.1, 0.15) is 21.5 Å². The molecule has 0 saturated carbocycles. The van der Waals surface area contributed by atoms with E-state index < -0.39 is 11.9 Å². The van der Waals surface area contributed by atoms with Gasteiger partial charge in [0.25, 0.3) is 5.91 Å². The van der Waals surface area contributed by atoms with Crippen molar-refractivity contribution >= 4 is 33.5 Å². The first kappa shape index (κ1) is 18.0.